The average molecular weight is 319 g/mol. The molecule has 0 bridgehead atoms. The quantitative estimate of drug-likeness (QED) is 0.866. The Bertz CT molecular complexity index is 382. The van der Waals surface area contributed by atoms with Gasteiger partial charge >= 0.3 is 0 Å². The van der Waals surface area contributed by atoms with Crippen molar-refractivity contribution in [2.24, 2.45) is 0 Å². The van der Waals surface area contributed by atoms with Crippen LogP contribution in [0.25, 0.3) is 0 Å². The maximum atomic E-state index is 3.62. The monoisotopic (exact) mass is 318 g/mol. The first-order chi connectivity index (χ1) is 11.4. The molecule has 2 rings (SSSR count). The van der Waals surface area contributed by atoms with Crippen LogP contribution in [0.3, 0.4) is 0 Å². The summed E-state index contributed by atoms with van der Waals surface area (Å²) >= 11 is 0. The lowest BCUT2D eigenvalue weighted by atomic mass is 10.2. The number of hydrogen-bond acceptors (Lipinski definition) is 4. The van der Waals surface area contributed by atoms with E-state index in [0.717, 1.165) is 45.8 Å². The van der Waals surface area contributed by atoms with Gasteiger partial charge in [0.15, 0.2) is 0 Å². The van der Waals surface area contributed by atoms with E-state index in [1.807, 2.05) is 0 Å². The number of unbranched alkanes of at least 4 members (excludes halogenated alkanes) is 1. The van der Waals surface area contributed by atoms with Crippen LogP contribution in [0.15, 0.2) is 30.3 Å². The van der Waals surface area contributed by atoms with Gasteiger partial charge in [-0.1, -0.05) is 43.7 Å². The number of rotatable bonds is 5. The Labute approximate surface area is 142 Å². The summed E-state index contributed by atoms with van der Waals surface area (Å²) < 4.78 is 0. The third-order valence-electron chi connectivity index (χ3n) is 4.50. The minimum absolute atomic E-state index is 1.05. The Morgan fingerprint density at radius 3 is 1.96 bits per heavy atom. The molecule has 130 valence electrons. The summed E-state index contributed by atoms with van der Waals surface area (Å²) in [6.45, 7) is 13.5. The number of nitrogens with one attached hydrogen (secondary N) is 2. The summed E-state index contributed by atoms with van der Waals surface area (Å²) in [5.74, 6) is 0. The van der Waals surface area contributed by atoms with Gasteiger partial charge in [-0.25, -0.2) is 0 Å². The molecule has 1 saturated heterocycles. The zero-order valence-corrected chi connectivity index (χ0v) is 14.8. The fraction of sp³-hybridized carbons (Fsp3) is 0.684. The molecule has 1 aliphatic heterocycles. The van der Waals surface area contributed by atoms with Crippen LogP contribution in [-0.2, 0) is 6.54 Å². The lowest BCUT2D eigenvalue weighted by molar-refractivity contribution is 0.235. The average Bonchev–Trinajstić information content (AvgIpc) is 2.57. The standard InChI is InChI=1S/C19H34N4/c1-2-3-13-22-14-9-20-11-16-23(17-12-21-10-15-22)18-19-7-5-4-6-8-19/h4-8,20-21H,2-3,9-18H2,1H3. The van der Waals surface area contributed by atoms with Gasteiger partial charge in [-0.2, -0.15) is 0 Å². The van der Waals surface area contributed by atoms with Crippen LogP contribution in [0, 0.1) is 0 Å². The fourth-order valence-corrected chi connectivity index (χ4v) is 3.03. The van der Waals surface area contributed by atoms with Crippen LogP contribution in [0.5, 0.6) is 0 Å². The summed E-state index contributed by atoms with van der Waals surface area (Å²) in [4.78, 5) is 5.14. The molecule has 0 atom stereocenters. The van der Waals surface area contributed by atoms with Crippen LogP contribution in [0.4, 0.5) is 0 Å². The van der Waals surface area contributed by atoms with Gasteiger partial charge in [0, 0.05) is 58.9 Å². The summed E-state index contributed by atoms with van der Waals surface area (Å²) in [5.41, 5.74) is 1.41. The van der Waals surface area contributed by atoms with Crippen molar-refractivity contribution in [3.05, 3.63) is 35.9 Å². The van der Waals surface area contributed by atoms with Gasteiger partial charge in [-0.3, -0.25) is 4.90 Å². The van der Waals surface area contributed by atoms with E-state index in [9.17, 15) is 0 Å². The SMILES string of the molecule is CCCCN1CCNCCN(Cc2ccccc2)CCNCC1. The molecule has 0 unspecified atom stereocenters. The van der Waals surface area contributed by atoms with Gasteiger partial charge in [-0.15, -0.1) is 0 Å². The molecular formula is C19H34N4. The first kappa shape index (κ1) is 18.4. The molecule has 1 aromatic rings. The highest BCUT2D eigenvalue weighted by atomic mass is 15.2. The Hall–Kier alpha value is -0.940. The zero-order valence-electron chi connectivity index (χ0n) is 14.8. The van der Waals surface area contributed by atoms with Gasteiger partial charge in [0.05, 0.1) is 0 Å². The minimum Gasteiger partial charge on any atom is -0.314 e. The number of nitrogens with zero attached hydrogens (tertiary/aromatic N) is 2. The summed E-state index contributed by atoms with van der Waals surface area (Å²) in [7, 11) is 0. The Morgan fingerprint density at radius 2 is 1.39 bits per heavy atom. The van der Waals surface area contributed by atoms with Crippen molar-refractivity contribution in [2.75, 3.05) is 58.9 Å². The molecule has 0 aliphatic carbocycles. The first-order valence-electron chi connectivity index (χ1n) is 9.28. The second-order valence-corrected chi connectivity index (χ2v) is 6.46. The molecule has 0 spiro atoms. The van der Waals surface area contributed by atoms with Crippen molar-refractivity contribution in [1.82, 2.24) is 20.4 Å². The van der Waals surface area contributed by atoms with Gasteiger partial charge in [-0.05, 0) is 18.5 Å². The predicted octanol–water partition coefficient (Wildman–Crippen LogP) is 1.78. The van der Waals surface area contributed by atoms with E-state index in [0.29, 0.717) is 0 Å². The van der Waals surface area contributed by atoms with E-state index in [-0.39, 0.29) is 0 Å². The first-order valence-corrected chi connectivity index (χ1v) is 9.28. The molecule has 0 saturated carbocycles. The highest BCUT2D eigenvalue weighted by Gasteiger charge is 2.08. The summed E-state index contributed by atoms with van der Waals surface area (Å²) in [5, 5.41) is 7.24. The predicted molar refractivity (Wildman–Crippen MR) is 98.8 cm³/mol. The smallest absolute Gasteiger partial charge is 0.0234 e. The van der Waals surface area contributed by atoms with Gasteiger partial charge in [0.25, 0.3) is 0 Å². The normalized spacial score (nSPS) is 19.9. The maximum Gasteiger partial charge on any atom is 0.0234 e. The van der Waals surface area contributed by atoms with E-state index in [1.54, 1.807) is 0 Å². The number of hydrogen-bond donors (Lipinski definition) is 2. The molecule has 2 N–H and O–H groups in total. The molecule has 4 nitrogen and oxygen atoms in total. The largest absolute Gasteiger partial charge is 0.314 e. The molecule has 1 heterocycles. The zero-order chi connectivity index (χ0) is 16.2. The van der Waals surface area contributed by atoms with Crippen molar-refractivity contribution >= 4 is 0 Å². The van der Waals surface area contributed by atoms with Crippen molar-refractivity contribution in [3.63, 3.8) is 0 Å². The topological polar surface area (TPSA) is 30.5 Å². The van der Waals surface area contributed by atoms with E-state index < -0.39 is 0 Å². The van der Waals surface area contributed by atoms with E-state index >= 15 is 0 Å². The maximum absolute atomic E-state index is 3.62. The minimum atomic E-state index is 1.05. The molecule has 1 aliphatic rings. The highest BCUT2D eigenvalue weighted by molar-refractivity contribution is 5.14. The molecule has 1 fully saturated rings. The van der Waals surface area contributed by atoms with Gasteiger partial charge in [0.2, 0.25) is 0 Å². The Balaban J connectivity index is 1.76. The summed E-state index contributed by atoms with van der Waals surface area (Å²) in [6.07, 6.45) is 2.59. The van der Waals surface area contributed by atoms with Crippen LogP contribution in [-0.4, -0.2) is 68.7 Å². The Morgan fingerprint density at radius 1 is 0.826 bits per heavy atom. The van der Waals surface area contributed by atoms with Crippen molar-refractivity contribution < 1.29 is 0 Å². The molecule has 0 amide bonds. The van der Waals surface area contributed by atoms with Crippen molar-refractivity contribution in [3.8, 4) is 0 Å². The van der Waals surface area contributed by atoms with Gasteiger partial charge < -0.3 is 15.5 Å². The Kier molecular flexibility index (Phi) is 9.26. The van der Waals surface area contributed by atoms with E-state index in [4.69, 9.17) is 0 Å². The lowest BCUT2D eigenvalue weighted by Crippen LogP contribution is -2.43. The third kappa shape index (κ3) is 7.93. The van der Waals surface area contributed by atoms with Crippen LogP contribution >= 0.6 is 0 Å². The van der Waals surface area contributed by atoms with E-state index in [2.05, 4.69) is 57.7 Å². The van der Waals surface area contributed by atoms with Crippen LogP contribution in [0.2, 0.25) is 0 Å². The van der Waals surface area contributed by atoms with Crippen molar-refractivity contribution in [2.45, 2.75) is 26.3 Å². The highest BCUT2D eigenvalue weighted by Crippen LogP contribution is 2.03. The van der Waals surface area contributed by atoms with Crippen LogP contribution < -0.4 is 10.6 Å². The lowest BCUT2D eigenvalue weighted by Gasteiger charge is -2.26. The van der Waals surface area contributed by atoms with E-state index in [1.165, 1.54) is 38.0 Å². The van der Waals surface area contributed by atoms with Crippen molar-refractivity contribution in [1.29, 1.82) is 0 Å². The summed E-state index contributed by atoms with van der Waals surface area (Å²) in [6, 6.07) is 10.8. The second kappa shape index (κ2) is 11.6. The molecule has 4 heteroatoms. The fourth-order valence-electron chi connectivity index (χ4n) is 3.03. The molecule has 0 radical (unpaired) electrons. The molecular weight excluding hydrogens is 284 g/mol. The number of benzene rings is 1. The molecule has 1 aromatic carbocycles. The second-order valence-electron chi connectivity index (χ2n) is 6.46. The molecule has 0 aromatic heterocycles. The molecule has 23 heavy (non-hydrogen) atoms. The van der Waals surface area contributed by atoms with Gasteiger partial charge in [0.1, 0.15) is 0 Å². The third-order valence-corrected chi connectivity index (χ3v) is 4.50. The van der Waals surface area contributed by atoms with Crippen LogP contribution in [0.1, 0.15) is 25.3 Å².